The highest BCUT2D eigenvalue weighted by atomic mass is 16.5. The summed E-state index contributed by atoms with van der Waals surface area (Å²) in [6.07, 6.45) is 8.48. The van der Waals surface area contributed by atoms with Crippen LogP contribution >= 0.6 is 0 Å². The van der Waals surface area contributed by atoms with Crippen LogP contribution in [0.25, 0.3) is 0 Å². The summed E-state index contributed by atoms with van der Waals surface area (Å²) < 4.78 is 5.39. The summed E-state index contributed by atoms with van der Waals surface area (Å²) in [4.78, 5) is 39.8. The van der Waals surface area contributed by atoms with E-state index in [1.807, 2.05) is 42.5 Å². The molecule has 0 unspecified atom stereocenters. The van der Waals surface area contributed by atoms with E-state index in [0.717, 1.165) is 24.8 Å². The van der Waals surface area contributed by atoms with Crippen molar-refractivity contribution in [2.24, 2.45) is 5.92 Å². The van der Waals surface area contributed by atoms with Crippen molar-refractivity contribution < 1.29 is 24.2 Å². The first-order chi connectivity index (χ1) is 15.6. The average molecular weight is 443 g/mol. The van der Waals surface area contributed by atoms with Crippen LogP contribution < -0.4 is 5.32 Å². The number of ether oxygens (including phenoxy) is 1. The Balaban J connectivity index is 1.65. The molecule has 2 N–H and O–H groups in total. The number of esters is 1. The van der Waals surface area contributed by atoms with Crippen LogP contribution in [0.4, 0.5) is 0 Å². The van der Waals surface area contributed by atoms with E-state index < -0.39 is 12.0 Å². The zero-order valence-electron chi connectivity index (χ0n) is 18.6. The van der Waals surface area contributed by atoms with E-state index in [1.54, 1.807) is 4.90 Å². The SMILES string of the molecule is O=C(C[C@H]1CC=CCCCC(=O)OC[C@@H]2CCCN2C1=O)N[C@@H](CO)Cc1ccccc1. The van der Waals surface area contributed by atoms with Gasteiger partial charge in [0.15, 0.2) is 0 Å². The molecule has 2 amide bonds. The Hall–Kier alpha value is -2.67. The van der Waals surface area contributed by atoms with Gasteiger partial charge in [-0.3, -0.25) is 14.4 Å². The molecule has 174 valence electrons. The van der Waals surface area contributed by atoms with Gasteiger partial charge < -0.3 is 20.1 Å². The van der Waals surface area contributed by atoms with Crippen LogP contribution in [0.15, 0.2) is 42.5 Å². The van der Waals surface area contributed by atoms with Crippen molar-refractivity contribution >= 4 is 17.8 Å². The smallest absolute Gasteiger partial charge is 0.305 e. The van der Waals surface area contributed by atoms with E-state index in [4.69, 9.17) is 4.74 Å². The van der Waals surface area contributed by atoms with Gasteiger partial charge >= 0.3 is 5.97 Å². The molecule has 7 heteroatoms. The third kappa shape index (κ3) is 7.19. The quantitative estimate of drug-likeness (QED) is 0.521. The summed E-state index contributed by atoms with van der Waals surface area (Å²) >= 11 is 0. The first-order valence-electron chi connectivity index (χ1n) is 11.6. The normalized spacial score (nSPS) is 23.3. The molecule has 3 rings (SSSR count). The van der Waals surface area contributed by atoms with Gasteiger partial charge in [-0.05, 0) is 44.1 Å². The maximum atomic E-state index is 13.3. The zero-order valence-corrected chi connectivity index (χ0v) is 18.6. The molecule has 1 fully saturated rings. The summed E-state index contributed by atoms with van der Waals surface area (Å²) in [7, 11) is 0. The van der Waals surface area contributed by atoms with Gasteiger partial charge in [0.2, 0.25) is 11.8 Å². The lowest BCUT2D eigenvalue weighted by Gasteiger charge is -2.28. The zero-order chi connectivity index (χ0) is 22.8. The van der Waals surface area contributed by atoms with Crippen LogP contribution in [0.3, 0.4) is 0 Å². The number of allylic oxidation sites excluding steroid dienone is 2. The van der Waals surface area contributed by atoms with Gasteiger partial charge in [-0.25, -0.2) is 0 Å². The van der Waals surface area contributed by atoms with E-state index in [1.165, 1.54) is 0 Å². The highest BCUT2D eigenvalue weighted by Gasteiger charge is 2.34. The monoisotopic (exact) mass is 442 g/mol. The van der Waals surface area contributed by atoms with Gasteiger partial charge in [-0.2, -0.15) is 0 Å². The van der Waals surface area contributed by atoms with Crippen molar-refractivity contribution in [3.63, 3.8) is 0 Å². The predicted octanol–water partition coefficient (Wildman–Crippen LogP) is 2.38. The third-order valence-corrected chi connectivity index (χ3v) is 6.13. The molecule has 7 nitrogen and oxygen atoms in total. The molecule has 32 heavy (non-hydrogen) atoms. The number of fused-ring (bicyclic) bond motifs is 1. The van der Waals surface area contributed by atoms with Crippen molar-refractivity contribution in [3.8, 4) is 0 Å². The van der Waals surface area contributed by atoms with Gasteiger partial charge in [0.25, 0.3) is 0 Å². The van der Waals surface area contributed by atoms with Gasteiger partial charge in [0.05, 0.1) is 24.6 Å². The Morgan fingerprint density at radius 1 is 1.19 bits per heavy atom. The van der Waals surface area contributed by atoms with Crippen molar-refractivity contribution in [2.45, 2.75) is 63.5 Å². The Labute approximate surface area is 189 Å². The van der Waals surface area contributed by atoms with Gasteiger partial charge in [0, 0.05) is 19.4 Å². The minimum absolute atomic E-state index is 0.0637. The minimum Gasteiger partial charge on any atom is -0.463 e. The third-order valence-electron chi connectivity index (χ3n) is 6.13. The molecule has 0 radical (unpaired) electrons. The molecule has 1 saturated heterocycles. The summed E-state index contributed by atoms with van der Waals surface area (Å²) in [5.74, 6) is -0.995. The fourth-order valence-corrected chi connectivity index (χ4v) is 4.38. The number of amides is 2. The number of rotatable bonds is 6. The van der Waals surface area contributed by atoms with E-state index in [0.29, 0.717) is 32.2 Å². The summed E-state index contributed by atoms with van der Waals surface area (Å²) in [6.45, 7) is 0.676. The van der Waals surface area contributed by atoms with Crippen molar-refractivity contribution in [3.05, 3.63) is 48.0 Å². The fourth-order valence-electron chi connectivity index (χ4n) is 4.38. The maximum absolute atomic E-state index is 13.3. The van der Waals surface area contributed by atoms with Gasteiger partial charge in [0.1, 0.15) is 6.61 Å². The first-order valence-corrected chi connectivity index (χ1v) is 11.6. The van der Waals surface area contributed by atoms with Crippen LogP contribution in [-0.4, -0.2) is 59.6 Å². The highest BCUT2D eigenvalue weighted by molar-refractivity contribution is 5.86. The fraction of sp³-hybridized carbons (Fsp3) is 0.560. The van der Waals surface area contributed by atoms with E-state index >= 15 is 0 Å². The lowest BCUT2D eigenvalue weighted by Crippen LogP contribution is -2.45. The molecule has 0 bridgehead atoms. The Kier molecular flexibility index (Phi) is 9.28. The Morgan fingerprint density at radius 3 is 2.78 bits per heavy atom. The Bertz CT molecular complexity index is 795. The largest absolute Gasteiger partial charge is 0.463 e. The molecule has 2 heterocycles. The molecular weight excluding hydrogens is 408 g/mol. The molecule has 1 aromatic carbocycles. The van der Waals surface area contributed by atoms with Gasteiger partial charge in [-0.15, -0.1) is 0 Å². The molecule has 0 aliphatic carbocycles. The summed E-state index contributed by atoms with van der Waals surface area (Å²) in [5, 5.41) is 12.6. The number of cyclic esters (lactones) is 1. The number of carbonyl (C=O) groups excluding carboxylic acids is 3. The first kappa shape index (κ1) is 24.0. The van der Waals surface area contributed by atoms with Crippen molar-refractivity contribution in [1.82, 2.24) is 10.2 Å². The number of aliphatic hydroxyl groups is 1. The van der Waals surface area contributed by atoms with Crippen LogP contribution in [0.1, 0.15) is 50.5 Å². The topological polar surface area (TPSA) is 95.9 Å². The molecule has 2 aliphatic heterocycles. The van der Waals surface area contributed by atoms with Crippen molar-refractivity contribution in [2.75, 3.05) is 19.8 Å². The molecule has 1 aromatic rings. The van der Waals surface area contributed by atoms with Crippen molar-refractivity contribution in [1.29, 1.82) is 0 Å². The summed E-state index contributed by atoms with van der Waals surface area (Å²) in [5.41, 5.74) is 1.03. The molecule has 0 aromatic heterocycles. The Morgan fingerprint density at radius 2 is 2.00 bits per heavy atom. The number of carbonyl (C=O) groups is 3. The second kappa shape index (κ2) is 12.4. The lowest BCUT2D eigenvalue weighted by atomic mass is 9.97. The second-order valence-corrected chi connectivity index (χ2v) is 8.65. The van der Waals surface area contributed by atoms with E-state index in [-0.39, 0.29) is 43.5 Å². The average Bonchev–Trinajstić information content (AvgIpc) is 3.27. The summed E-state index contributed by atoms with van der Waals surface area (Å²) in [6, 6.07) is 9.17. The molecule has 0 saturated carbocycles. The molecular formula is C25H34N2O5. The van der Waals surface area contributed by atoms with Crippen LogP contribution in [0, 0.1) is 5.92 Å². The van der Waals surface area contributed by atoms with E-state index in [2.05, 4.69) is 5.32 Å². The number of nitrogens with one attached hydrogen (secondary N) is 1. The number of aliphatic hydroxyl groups excluding tert-OH is 1. The number of benzene rings is 1. The van der Waals surface area contributed by atoms with E-state index in [9.17, 15) is 19.5 Å². The molecule has 0 spiro atoms. The van der Waals surface area contributed by atoms with Gasteiger partial charge in [-0.1, -0.05) is 42.5 Å². The number of hydrogen-bond donors (Lipinski definition) is 2. The minimum atomic E-state index is -0.473. The second-order valence-electron chi connectivity index (χ2n) is 8.65. The standard InChI is InChI=1S/C25H34N2O5/c28-17-21(15-19-9-4-3-5-10-19)26-23(29)16-20-11-6-1-2-7-13-24(30)32-18-22-12-8-14-27(22)25(20)31/h1,3-6,9-10,20-22,28H,2,7-8,11-18H2,(H,26,29)/t20-,21-,22+/m1/s1. The molecule has 2 aliphatic rings. The van der Waals surface area contributed by atoms with Crippen LogP contribution in [0.5, 0.6) is 0 Å². The number of nitrogens with zero attached hydrogens (tertiary/aromatic N) is 1. The highest BCUT2D eigenvalue weighted by Crippen LogP contribution is 2.24. The molecule has 3 atom stereocenters. The predicted molar refractivity (Wildman–Crippen MR) is 121 cm³/mol. The maximum Gasteiger partial charge on any atom is 0.305 e. The van der Waals surface area contributed by atoms with Crippen LogP contribution in [-0.2, 0) is 25.5 Å². The lowest BCUT2D eigenvalue weighted by molar-refractivity contribution is -0.148. The van der Waals surface area contributed by atoms with Crippen LogP contribution in [0.2, 0.25) is 0 Å². The number of hydrogen-bond acceptors (Lipinski definition) is 5.